The molecule has 3 rings (SSSR count). The predicted molar refractivity (Wildman–Crippen MR) is 93.0 cm³/mol. The Morgan fingerprint density at radius 3 is 2.32 bits per heavy atom. The number of benzene rings is 1. The number of carbonyl (C=O) groups excluding carboxylic acids is 3. The second-order valence-electron chi connectivity index (χ2n) is 6.26. The van der Waals surface area contributed by atoms with Crippen molar-refractivity contribution >= 4 is 18.0 Å². The smallest absolute Gasteiger partial charge is 0.211 e. The molecule has 0 atom stereocenters. The highest BCUT2D eigenvalue weighted by molar-refractivity contribution is 6.26. The monoisotopic (exact) mass is 342 g/mol. The summed E-state index contributed by atoms with van der Waals surface area (Å²) >= 11 is 0. The third kappa shape index (κ3) is 3.56. The van der Waals surface area contributed by atoms with Gasteiger partial charge >= 0.3 is 0 Å². The van der Waals surface area contributed by atoms with Gasteiger partial charge in [0.1, 0.15) is 11.4 Å². The van der Waals surface area contributed by atoms with Crippen LogP contribution < -0.4 is 11.1 Å². The van der Waals surface area contributed by atoms with E-state index in [4.69, 9.17) is 5.73 Å². The van der Waals surface area contributed by atoms with Crippen LogP contribution in [0.25, 0.3) is 0 Å². The zero-order valence-electron chi connectivity index (χ0n) is 14.0. The van der Waals surface area contributed by atoms with Crippen molar-refractivity contribution in [2.75, 3.05) is 39.3 Å². The summed E-state index contributed by atoms with van der Waals surface area (Å²) in [6.45, 7) is 4.64. The fourth-order valence-corrected chi connectivity index (χ4v) is 3.18. The number of nitrogens with two attached hydrogens (primary N) is 1. The van der Waals surface area contributed by atoms with Crippen molar-refractivity contribution in [3.63, 3.8) is 0 Å². The molecule has 0 unspecified atom stereocenters. The molecule has 1 amide bonds. The summed E-state index contributed by atoms with van der Waals surface area (Å²) in [5.74, 6) is -0.532. The average Bonchev–Trinajstić information content (AvgIpc) is 2.66. The minimum atomic E-state index is -0.303. The van der Waals surface area contributed by atoms with E-state index in [1.54, 1.807) is 29.2 Å². The highest BCUT2D eigenvalue weighted by Gasteiger charge is 2.30. The second-order valence-corrected chi connectivity index (χ2v) is 6.26. The predicted octanol–water partition coefficient (Wildman–Crippen LogP) is -0.0104. The molecule has 7 nitrogen and oxygen atoms in total. The van der Waals surface area contributed by atoms with Gasteiger partial charge in [-0.05, 0) is 13.0 Å². The Hall–Kier alpha value is -2.67. The number of carbonyl (C=O) groups is 3. The molecule has 1 aliphatic carbocycles. The van der Waals surface area contributed by atoms with E-state index in [1.165, 1.54) is 0 Å². The maximum Gasteiger partial charge on any atom is 0.211 e. The van der Waals surface area contributed by atoms with E-state index in [1.807, 2.05) is 0 Å². The Balaban J connectivity index is 1.53. The van der Waals surface area contributed by atoms with Crippen LogP contribution in [0.3, 0.4) is 0 Å². The summed E-state index contributed by atoms with van der Waals surface area (Å²) in [5.41, 5.74) is 6.84. The summed E-state index contributed by atoms with van der Waals surface area (Å²) in [5, 5.41) is 3.04. The molecule has 25 heavy (non-hydrogen) atoms. The number of hydrogen-bond acceptors (Lipinski definition) is 6. The molecule has 1 fully saturated rings. The molecule has 1 aromatic rings. The van der Waals surface area contributed by atoms with Crippen LogP contribution in [-0.4, -0.2) is 67.0 Å². The van der Waals surface area contributed by atoms with E-state index >= 15 is 0 Å². The van der Waals surface area contributed by atoms with E-state index in [9.17, 15) is 14.4 Å². The van der Waals surface area contributed by atoms with Crippen molar-refractivity contribution in [1.29, 1.82) is 0 Å². The number of fused-ring (bicyclic) bond motifs is 1. The molecular formula is C18H22N4O3. The standard InChI is InChI=1S/C18H22N4O3/c19-15-16(18(25)14-5-2-1-4-13(14)17(15)24)20-6-3-7-21-8-10-22(12-23)11-9-21/h1-2,4-5,12,20H,3,6-11,19H2. The van der Waals surface area contributed by atoms with Crippen molar-refractivity contribution in [1.82, 2.24) is 15.1 Å². The molecule has 0 bridgehead atoms. The molecule has 0 aromatic heterocycles. The highest BCUT2D eigenvalue weighted by atomic mass is 16.1. The molecule has 0 saturated carbocycles. The lowest BCUT2D eigenvalue weighted by Crippen LogP contribution is -2.46. The topological polar surface area (TPSA) is 95.7 Å². The lowest BCUT2D eigenvalue weighted by molar-refractivity contribution is -0.119. The van der Waals surface area contributed by atoms with Crippen molar-refractivity contribution in [3.05, 3.63) is 46.8 Å². The van der Waals surface area contributed by atoms with Crippen LogP contribution in [-0.2, 0) is 4.79 Å². The van der Waals surface area contributed by atoms with Gasteiger partial charge < -0.3 is 16.0 Å². The Morgan fingerprint density at radius 1 is 1.04 bits per heavy atom. The fourth-order valence-electron chi connectivity index (χ4n) is 3.18. The molecule has 2 aliphatic rings. The molecule has 0 spiro atoms. The van der Waals surface area contributed by atoms with E-state index in [0.717, 1.165) is 45.6 Å². The molecule has 0 radical (unpaired) electrons. The largest absolute Gasteiger partial charge is 0.394 e. The van der Waals surface area contributed by atoms with Gasteiger partial charge in [-0.15, -0.1) is 0 Å². The van der Waals surface area contributed by atoms with Gasteiger partial charge in [0.15, 0.2) is 0 Å². The lowest BCUT2D eigenvalue weighted by atomic mass is 9.90. The maximum absolute atomic E-state index is 12.5. The molecule has 1 aliphatic heterocycles. The van der Waals surface area contributed by atoms with Crippen LogP contribution >= 0.6 is 0 Å². The number of piperazine rings is 1. The van der Waals surface area contributed by atoms with Gasteiger partial charge in [-0.1, -0.05) is 24.3 Å². The molecule has 3 N–H and O–H groups in total. The maximum atomic E-state index is 12.5. The number of Topliss-reactive ketones (excluding diaryl/α,β-unsaturated/α-hetero) is 2. The SMILES string of the molecule is NC1=C(NCCCN2CCN(C=O)CC2)C(=O)c2ccccc2C1=O. The molecule has 132 valence electrons. The third-order valence-corrected chi connectivity index (χ3v) is 4.67. The van der Waals surface area contributed by atoms with E-state index < -0.39 is 0 Å². The van der Waals surface area contributed by atoms with Gasteiger partial charge in [-0.3, -0.25) is 19.3 Å². The van der Waals surface area contributed by atoms with Gasteiger partial charge in [-0.25, -0.2) is 0 Å². The van der Waals surface area contributed by atoms with Crippen LogP contribution in [0, 0.1) is 0 Å². The minimum Gasteiger partial charge on any atom is -0.394 e. The zero-order valence-corrected chi connectivity index (χ0v) is 14.0. The van der Waals surface area contributed by atoms with Crippen molar-refractivity contribution < 1.29 is 14.4 Å². The third-order valence-electron chi connectivity index (χ3n) is 4.67. The summed E-state index contributed by atoms with van der Waals surface area (Å²) in [6.07, 6.45) is 1.71. The number of rotatable bonds is 6. The number of nitrogens with zero attached hydrogens (tertiary/aromatic N) is 2. The molecule has 7 heteroatoms. The highest BCUT2D eigenvalue weighted by Crippen LogP contribution is 2.22. The van der Waals surface area contributed by atoms with Gasteiger partial charge in [0, 0.05) is 43.9 Å². The Morgan fingerprint density at radius 2 is 1.68 bits per heavy atom. The normalized spacial score (nSPS) is 18.3. The van der Waals surface area contributed by atoms with E-state index in [0.29, 0.717) is 17.7 Å². The zero-order chi connectivity index (χ0) is 17.8. The first kappa shape index (κ1) is 17.2. The first-order valence-electron chi connectivity index (χ1n) is 8.45. The van der Waals surface area contributed by atoms with Crippen LogP contribution in [0.5, 0.6) is 0 Å². The van der Waals surface area contributed by atoms with Gasteiger partial charge in [0.05, 0.1) is 0 Å². The lowest BCUT2D eigenvalue weighted by Gasteiger charge is -2.32. The summed E-state index contributed by atoms with van der Waals surface area (Å²) in [4.78, 5) is 39.6. The molecule has 1 saturated heterocycles. The number of amides is 1. The quantitative estimate of drug-likeness (QED) is 0.558. The number of hydrogen-bond donors (Lipinski definition) is 2. The van der Waals surface area contributed by atoms with E-state index in [-0.39, 0.29) is 23.0 Å². The Labute approximate surface area is 146 Å². The summed E-state index contributed by atoms with van der Waals surface area (Å²) < 4.78 is 0. The minimum absolute atomic E-state index is 0.0108. The van der Waals surface area contributed by atoms with Crippen molar-refractivity contribution in [2.24, 2.45) is 5.73 Å². The van der Waals surface area contributed by atoms with Gasteiger partial charge in [0.25, 0.3) is 0 Å². The molecule has 1 aromatic carbocycles. The molecule has 1 heterocycles. The Bertz CT molecular complexity index is 721. The number of nitrogens with one attached hydrogen (secondary N) is 1. The van der Waals surface area contributed by atoms with Gasteiger partial charge in [-0.2, -0.15) is 0 Å². The van der Waals surface area contributed by atoms with Gasteiger partial charge in [0.2, 0.25) is 18.0 Å². The van der Waals surface area contributed by atoms with Crippen LogP contribution in [0.1, 0.15) is 27.1 Å². The molecular weight excluding hydrogens is 320 g/mol. The number of allylic oxidation sites excluding steroid dienone is 2. The van der Waals surface area contributed by atoms with Crippen LogP contribution in [0.2, 0.25) is 0 Å². The summed E-state index contributed by atoms with van der Waals surface area (Å²) in [6, 6.07) is 6.73. The van der Waals surface area contributed by atoms with Crippen molar-refractivity contribution in [2.45, 2.75) is 6.42 Å². The van der Waals surface area contributed by atoms with E-state index in [2.05, 4.69) is 10.2 Å². The van der Waals surface area contributed by atoms with Crippen LogP contribution in [0.4, 0.5) is 0 Å². The second kappa shape index (κ2) is 7.48. The van der Waals surface area contributed by atoms with Crippen molar-refractivity contribution in [3.8, 4) is 0 Å². The average molecular weight is 342 g/mol. The summed E-state index contributed by atoms with van der Waals surface area (Å²) in [7, 11) is 0. The Kier molecular flexibility index (Phi) is 5.14. The fraction of sp³-hybridized carbons (Fsp3) is 0.389. The number of ketones is 2. The first-order chi connectivity index (χ1) is 12.1. The van der Waals surface area contributed by atoms with Crippen LogP contribution in [0.15, 0.2) is 35.7 Å². The first-order valence-corrected chi connectivity index (χ1v) is 8.45.